The highest BCUT2D eigenvalue weighted by Gasteiger charge is 2.63. The molecular formula is C20H30O2. The van der Waals surface area contributed by atoms with Crippen molar-refractivity contribution in [2.24, 2.45) is 28.1 Å². The van der Waals surface area contributed by atoms with E-state index in [0.29, 0.717) is 18.1 Å². The van der Waals surface area contributed by atoms with E-state index in [1.54, 1.807) is 0 Å². The van der Waals surface area contributed by atoms with E-state index in [9.17, 15) is 9.90 Å². The predicted octanol–water partition coefficient (Wildman–Crippen LogP) is 4.29. The zero-order valence-corrected chi connectivity index (χ0v) is 14.3. The third-order valence-electron chi connectivity index (χ3n) is 7.76. The van der Waals surface area contributed by atoms with Gasteiger partial charge in [-0.3, -0.25) is 4.79 Å². The fourth-order valence-corrected chi connectivity index (χ4v) is 5.76. The number of aliphatic hydroxyl groups is 1. The van der Waals surface area contributed by atoms with Crippen molar-refractivity contribution in [3.05, 3.63) is 24.8 Å². The van der Waals surface area contributed by atoms with Crippen LogP contribution >= 0.6 is 0 Å². The fraction of sp³-hybridized carbons (Fsp3) is 0.750. The van der Waals surface area contributed by atoms with E-state index in [0.717, 1.165) is 37.7 Å². The van der Waals surface area contributed by atoms with Crippen molar-refractivity contribution in [3.8, 4) is 0 Å². The van der Waals surface area contributed by atoms with Crippen LogP contribution in [0, 0.1) is 28.1 Å². The maximum Gasteiger partial charge on any atom is 0.137 e. The Morgan fingerprint density at radius 3 is 2.55 bits per heavy atom. The molecule has 0 spiro atoms. The lowest BCUT2D eigenvalue weighted by molar-refractivity contribution is -0.136. The molecule has 1 N–H and O–H groups in total. The standard InChI is InChI=1S/C20H30O2/c1-6-18(4)11-12-19(5)13(2)7-9-20(14(3)17(18)22)10-8-15(21)16(19)20/h6,13,16-17,22H,1,3,7-12H2,2,4-5H3/t13-,16+,17+,18-,19-,20+/m1/s1. The van der Waals surface area contributed by atoms with Crippen LogP contribution < -0.4 is 0 Å². The molecule has 0 aliphatic heterocycles. The van der Waals surface area contributed by atoms with Gasteiger partial charge in [0.05, 0.1) is 6.10 Å². The second-order valence-corrected chi connectivity index (χ2v) is 8.64. The molecule has 0 radical (unpaired) electrons. The first-order valence-corrected chi connectivity index (χ1v) is 8.75. The van der Waals surface area contributed by atoms with Crippen LogP contribution in [0.4, 0.5) is 0 Å². The van der Waals surface area contributed by atoms with Crippen LogP contribution in [0.25, 0.3) is 0 Å². The summed E-state index contributed by atoms with van der Waals surface area (Å²) in [5.41, 5.74) is 0.421. The Balaban J connectivity index is 2.17. The van der Waals surface area contributed by atoms with Gasteiger partial charge in [-0.1, -0.05) is 33.4 Å². The van der Waals surface area contributed by atoms with Crippen molar-refractivity contribution in [2.75, 3.05) is 0 Å². The first kappa shape index (κ1) is 16.0. The highest BCUT2D eigenvalue weighted by atomic mass is 16.3. The molecule has 3 aliphatic rings. The van der Waals surface area contributed by atoms with Gasteiger partial charge < -0.3 is 5.11 Å². The first-order chi connectivity index (χ1) is 10.2. The summed E-state index contributed by atoms with van der Waals surface area (Å²) in [4.78, 5) is 12.8. The van der Waals surface area contributed by atoms with Crippen LogP contribution in [0.1, 0.15) is 59.3 Å². The van der Waals surface area contributed by atoms with Gasteiger partial charge in [-0.25, -0.2) is 0 Å². The molecule has 0 aromatic rings. The molecule has 2 nitrogen and oxygen atoms in total. The first-order valence-electron chi connectivity index (χ1n) is 8.75. The SMILES string of the molecule is C=C[C@]1(C)CC[C@]2(C)[C@H](C)CC[C@]3(CCC(=O)[C@H]32)C(=C)[C@@H]1O. The molecule has 0 unspecified atom stereocenters. The Morgan fingerprint density at radius 1 is 1.23 bits per heavy atom. The molecule has 3 saturated carbocycles. The Labute approximate surface area is 134 Å². The van der Waals surface area contributed by atoms with E-state index in [4.69, 9.17) is 0 Å². The van der Waals surface area contributed by atoms with E-state index in [1.165, 1.54) is 0 Å². The van der Waals surface area contributed by atoms with E-state index in [2.05, 4.69) is 33.9 Å². The minimum absolute atomic E-state index is 0.0270. The van der Waals surface area contributed by atoms with Crippen LogP contribution in [0.15, 0.2) is 24.8 Å². The number of ketones is 1. The maximum atomic E-state index is 12.8. The number of aliphatic hydroxyl groups excluding tert-OH is 1. The molecule has 6 atom stereocenters. The number of hydrogen-bond donors (Lipinski definition) is 1. The minimum atomic E-state index is -0.587. The zero-order chi connectivity index (χ0) is 16.3. The third-order valence-corrected chi connectivity index (χ3v) is 7.76. The molecule has 2 heteroatoms. The number of rotatable bonds is 1. The lowest BCUT2D eigenvalue weighted by Gasteiger charge is -2.58. The van der Waals surface area contributed by atoms with Gasteiger partial charge in [-0.05, 0) is 49.0 Å². The summed E-state index contributed by atoms with van der Waals surface area (Å²) in [5, 5.41) is 11.0. The lowest BCUT2D eigenvalue weighted by Crippen LogP contribution is -2.54. The van der Waals surface area contributed by atoms with Crippen LogP contribution in [-0.4, -0.2) is 17.0 Å². The minimum Gasteiger partial charge on any atom is -0.388 e. The zero-order valence-electron chi connectivity index (χ0n) is 14.3. The van der Waals surface area contributed by atoms with Crippen LogP contribution in [0.5, 0.6) is 0 Å². The summed E-state index contributed by atoms with van der Waals surface area (Å²) < 4.78 is 0. The van der Waals surface area contributed by atoms with Crippen molar-refractivity contribution in [3.63, 3.8) is 0 Å². The number of carbonyl (C=O) groups excluding carboxylic acids is 1. The molecular weight excluding hydrogens is 272 g/mol. The van der Waals surface area contributed by atoms with Gasteiger partial charge in [-0.2, -0.15) is 0 Å². The second-order valence-electron chi connectivity index (χ2n) is 8.64. The van der Waals surface area contributed by atoms with Crippen molar-refractivity contribution < 1.29 is 9.90 Å². The summed E-state index contributed by atoms with van der Waals surface area (Å²) in [6, 6.07) is 0. The predicted molar refractivity (Wildman–Crippen MR) is 89.4 cm³/mol. The normalized spacial score (nSPS) is 51.9. The largest absolute Gasteiger partial charge is 0.388 e. The third kappa shape index (κ3) is 1.79. The Bertz CT molecular complexity index is 536. The molecule has 0 amide bonds. The molecule has 22 heavy (non-hydrogen) atoms. The highest BCUT2D eigenvalue weighted by Crippen LogP contribution is 2.67. The topological polar surface area (TPSA) is 37.3 Å². The molecule has 3 rings (SSSR count). The van der Waals surface area contributed by atoms with E-state index < -0.39 is 6.10 Å². The average molecular weight is 302 g/mol. The van der Waals surface area contributed by atoms with E-state index in [1.807, 2.05) is 6.08 Å². The average Bonchev–Trinajstić information content (AvgIpc) is 2.86. The Hall–Kier alpha value is -0.890. The lowest BCUT2D eigenvalue weighted by atomic mass is 9.46. The second kappa shape index (κ2) is 4.80. The van der Waals surface area contributed by atoms with E-state index >= 15 is 0 Å². The van der Waals surface area contributed by atoms with Gasteiger partial charge in [-0.15, -0.1) is 6.58 Å². The molecule has 0 heterocycles. The van der Waals surface area contributed by atoms with Crippen LogP contribution in [-0.2, 0) is 4.79 Å². The monoisotopic (exact) mass is 302 g/mol. The van der Waals surface area contributed by atoms with E-state index in [-0.39, 0.29) is 22.2 Å². The molecule has 122 valence electrons. The van der Waals surface area contributed by atoms with Crippen molar-refractivity contribution >= 4 is 5.78 Å². The van der Waals surface area contributed by atoms with Crippen molar-refractivity contribution in [2.45, 2.75) is 65.4 Å². The van der Waals surface area contributed by atoms with Gasteiger partial charge in [0.2, 0.25) is 0 Å². The summed E-state index contributed by atoms with van der Waals surface area (Å²) >= 11 is 0. The van der Waals surface area contributed by atoms with Gasteiger partial charge in [0.1, 0.15) is 5.78 Å². The van der Waals surface area contributed by atoms with Gasteiger partial charge in [0.25, 0.3) is 0 Å². The quantitative estimate of drug-likeness (QED) is 0.734. The van der Waals surface area contributed by atoms with Gasteiger partial charge >= 0.3 is 0 Å². The number of hydrogen-bond acceptors (Lipinski definition) is 2. The molecule has 0 aromatic heterocycles. The van der Waals surface area contributed by atoms with Crippen LogP contribution in [0.2, 0.25) is 0 Å². The summed E-state index contributed by atoms with van der Waals surface area (Å²) in [5.74, 6) is 1.01. The Morgan fingerprint density at radius 2 is 1.91 bits per heavy atom. The van der Waals surface area contributed by atoms with Crippen molar-refractivity contribution in [1.29, 1.82) is 0 Å². The smallest absolute Gasteiger partial charge is 0.137 e. The number of carbonyl (C=O) groups is 1. The van der Waals surface area contributed by atoms with Gasteiger partial charge in [0, 0.05) is 23.2 Å². The number of Topliss-reactive ketones (excluding diaryl/α,β-unsaturated/α-hetero) is 1. The Kier molecular flexibility index (Phi) is 3.49. The molecule has 3 fully saturated rings. The molecule has 2 bridgehead atoms. The highest BCUT2D eigenvalue weighted by molar-refractivity contribution is 5.86. The molecule has 3 aliphatic carbocycles. The fourth-order valence-electron chi connectivity index (χ4n) is 5.76. The molecule has 0 aromatic carbocycles. The summed E-state index contributed by atoms with van der Waals surface area (Å²) in [6.45, 7) is 15.0. The van der Waals surface area contributed by atoms with Crippen molar-refractivity contribution in [1.82, 2.24) is 0 Å². The van der Waals surface area contributed by atoms with Gasteiger partial charge in [0.15, 0.2) is 0 Å². The summed E-state index contributed by atoms with van der Waals surface area (Å²) in [6.07, 6.45) is 6.85. The molecule has 0 saturated heterocycles. The maximum absolute atomic E-state index is 12.8. The van der Waals surface area contributed by atoms with Crippen LogP contribution in [0.3, 0.4) is 0 Å². The summed E-state index contributed by atoms with van der Waals surface area (Å²) in [7, 11) is 0.